The van der Waals surface area contributed by atoms with Crippen LogP contribution in [0.1, 0.15) is 25.5 Å². The van der Waals surface area contributed by atoms with E-state index in [0.29, 0.717) is 11.5 Å². The molecule has 4 heteroatoms. The van der Waals surface area contributed by atoms with Crippen LogP contribution in [0.15, 0.2) is 6.07 Å². The highest BCUT2D eigenvalue weighted by Crippen LogP contribution is 2.06. The molecule has 0 radical (unpaired) electrons. The van der Waals surface area contributed by atoms with Crippen molar-refractivity contribution in [1.29, 1.82) is 5.26 Å². The van der Waals surface area contributed by atoms with E-state index in [0.717, 1.165) is 19.4 Å². The number of aromatic nitrogens is 2. The molecular formula is C8H12N4. The smallest absolute Gasteiger partial charge is 0.164 e. The average molecular weight is 164 g/mol. The Bertz CT molecular complexity index is 294. The summed E-state index contributed by atoms with van der Waals surface area (Å²) in [6.45, 7) is 2.90. The predicted molar refractivity (Wildman–Crippen MR) is 46.3 cm³/mol. The third kappa shape index (κ3) is 1.76. The minimum atomic E-state index is 0.392. The van der Waals surface area contributed by atoms with Crippen LogP contribution < -0.4 is 5.73 Å². The van der Waals surface area contributed by atoms with Gasteiger partial charge in [-0.05, 0) is 6.42 Å². The Balaban J connectivity index is 2.72. The number of hydrogen-bond acceptors (Lipinski definition) is 3. The van der Waals surface area contributed by atoms with E-state index in [2.05, 4.69) is 12.0 Å². The lowest BCUT2D eigenvalue weighted by molar-refractivity contribution is 0.577. The molecule has 0 atom stereocenters. The Morgan fingerprint density at radius 1 is 1.75 bits per heavy atom. The molecule has 0 aliphatic rings. The van der Waals surface area contributed by atoms with Gasteiger partial charge in [-0.2, -0.15) is 10.4 Å². The molecule has 0 fully saturated rings. The Hall–Kier alpha value is -1.50. The van der Waals surface area contributed by atoms with Gasteiger partial charge in [-0.25, -0.2) is 4.68 Å². The van der Waals surface area contributed by atoms with Crippen molar-refractivity contribution in [3.63, 3.8) is 0 Å². The van der Waals surface area contributed by atoms with Crippen molar-refractivity contribution in [3.8, 4) is 6.07 Å². The lowest BCUT2D eigenvalue weighted by atomic mass is 10.3. The van der Waals surface area contributed by atoms with Gasteiger partial charge < -0.3 is 5.73 Å². The lowest BCUT2D eigenvalue weighted by Gasteiger charge is -2.00. The van der Waals surface area contributed by atoms with E-state index in [1.165, 1.54) is 0 Å². The van der Waals surface area contributed by atoms with E-state index in [4.69, 9.17) is 11.0 Å². The summed E-state index contributed by atoms with van der Waals surface area (Å²) in [7, 11) is 0. The second kappa shape index (κ2) is 3.77. The van der Waals surface area contributed by atoms with Crippen LogP contribution in [-0.4, -0.2) is 9.78 Å². The summed E-state index contributed by atoms with van der Waals surface area (Å²) >= 11 is 0. The van der Waals surface area contributed by atoms with Gasteiger partial charge in [0.15, 0.2) is 5.69 Å². The van der Waals surface area contributed by atoms with Gasteiger partial charge in [0.1, 0.15) is 11.9 Å². The second-order valence-corrected chi connectivity index (χ2v) is 2.64. The summed E-state index contributed by atoms with van der Waals surface area (Å²) in [6.07, 6.45) is 2.14. The second-order valence-electron chi connectivity index (χ2n) is 2.64. The normalized spacial score (nSPS) is 9.67. The Kier molecular flexibility index (Phi) is 2.70. The number of hydrogen-bond donors (Lipinski definition) is 1. The van der Waals surface area contributed by atoms with Crippen molar-refractivity contribution in [3.05, 3.63) is 11.8 Å². The van der Waals surface area contributed by atoms with E-state index < -0.39 is 0 Å². The number of rotatable bonds is 3. The van der Waals surface area contributed by atoms with Crippen molar-refractivity contribution < 1.29 is 0 Å². The van der Waals surface area contributed by atoms with Crippen LogP contribution >= 0.6 is 0 Å². The lowest BCUT2D eigenvalue weighted by Crippen LogP contribution is -2.04. The van der Waals surface area contributed by atoms with Crippen LogP contribution in [0.4, 0.5) is 5.82 Å². The van der Waals surface area contributed by atoms with Crippen molar-refractivity contribution in [2.75, 3.05) is 5.73 Å². The van der Waals surface area contributed by atoms with E-state index in [-0.39, 0.29) is 0 Å². The minimum Gasteiger partial charge on any atom is -0.384 e. The Labute approximate surface area is 71.6 Å². The first-order valence-electron chi connectivity index (χ1n) is 4.01. The van der Waals surface area contributed by atoms with Crippen molar-refractivity contribution in [2.45, 2.75) is 26.3 Å². The standard InChI is InChI=1S/C8H12N4/c1-2-3-4-12-8(10)5-7(6-9)11-12/h5H,2-4,10H2,1H3. The maximum absolute atomic E-state index is 8.52. The van der Waals surface area contributed by atoms with Crippen molar-refractivity contribution in [2.24, 2.45) is 0 Å². The van der Waals surface area contributed by atoms with Gasteiger partial charge in [0.25, 0.3) is 0 Å². The van der Waals surface area contributed by atoms with Crippen molar-refractivity contribution >= 4 is 5.82 Å². The molecule has 0 saturated carbocycles. The van der Waals surface area contributed by atoms with E-state index in [1.54, 1.807) is 10.7 Å². The van der Waals surface area contributed by atoms with Crippen LogP contribution in [0.25, 0.3) is 0 Å². The topological polar surface area (TPSA) is 67.6 Å². The van der Waals surface area contributed by atoms with Crippen molar-refractivity contribution in [1.82, 2.24) is 9.78 Å². The molecule has 1 rings (SSSR count). The maximum Gasteiger partial charge on any atom is 0.164 e. The quantitative estimate of drug-likeness (QED) is 0.728. The molecule has 0 saturated heterocycles. The van der Waals surface area contributed by atoms with Gasteiger partial charge in [-0.3, -0.25) is 0 Å². The Morgan fingerprint density at radius 2 is 2.50 bits per heavy atom. The van der Waals surface area contributed by atoms with Crippen LogP contribution in [0, 0.1) is 11.3 Å². The third-order valence-corrected chi connectivity index (χ3v) is 1.65. The number of nitrogens with two attached hydrogens (primary N) is 1. The predicted octanol–water partition coefficient (Wildman–Crippen LogP) is 1.14. The molecule has 0 bridgehead atoms. The first-order chi connectivity index (χ1) is 5.77. The van der Waals surface area contributed by atoms with Gasteiger partial charge in [-0.1, -0.05) is 13.3 Å². The van der Waals surface area contributed by atoms with Gasteiger partial charge in [0.2, 0.25) is 0 Å². The summed E-state index contributed by atoms with van der Waals surface area (Å²) in [4.78, 5) is 0. The minimum absolute atomic E-state index is 0.392. The molecule has 0 aromatic carbocycles. The maximum atomic E-state index is 8.52. The van der Waals surface area contributed by atoms with E-state index >= 15 is 0 Å². The van der Waals surface area contributed by atoms with E-state index in [9.17, 15) is 0 Å². The van der Waals surface area contributed by atoms with Gasteiger partial charge in [0, 0.05) is 12.6 Å². The highest BCUT2D eigenvalue weighted by atomic mass is 15.3. The molecule has 0 amide bonds. The SMILES string of the molecule is CCCCn1nc(C#N)cc1N. The fourth-order valence-electron chi connectivity index (χ4n) is 0.973. The van der Waals surface area contributed by atoms with Crippen LogP contribution in [0.5, 0.6) is 0 Å². The zero-order chi connectivity index (χ0) is 8.97. The summed E-state index contributed by atoms with van der Waals surface area (Å²) < 4.78 is 1.67. The molecule has 1 aromatic heterocycles. The summed E-state index contributed by atoms with van der Waals surface area (Å²) in [6, 6.07) is 3.55. The third-order valence-electron chi connectivity index (χ3n) is 1.65. The molecule has 0 spiro atoms. The number of unbranched alkanes of at least 4 members (excludes halogenated alkanes) is 1. The molecular weight excluding hydrogens is 152 g/mol. The van der Waals surface area contributed by atoms with Gasteiger partial charge in [0.05, 0.1) is 0 Å². The molecule has 0 unspecified atom stereocenters. The molecule has 64 valence electrons. The molecule has 1 heterocycles. The largest absolute Gasteiger partial charge is 0.384 e. The summed E-state index contributed by atoms with van der Waals surface area (Å²) in [5.41, 5.74) is 6.00. The van der Waals surface area contributed by atoms with Crippen LogP contribution in [0.2, 0.25) is 0 Å². The monoisotopic (exact) mass is 164 g/mol. The summed E-state index contributed by atoms with van der Waals surface area (Å²) in [5, 5.41) is 12.5. The number of nitrogens with zero attached hydrogens (tertiary/aromatic N) is 3. The first-order valence-corrected chi connectivity index (χ1v) is 4.01. The molecule has 4 nitrogen and oxygen atoms in total. The van der Waals surface area contributed by atoms with E-state index in [1.807, 2.05) is 6.07 Å². The molecule has 1 aromatic rings. The van der Waals surface area contributed by atoms with Gasteiger partial charge >= 0.3 is 0 Å². The number of nitriles is 1. The van der Waals surface area contributed by atoms with Crippen LogP contribution in [0.3, 0.4) is 0 Å². The molecule has 0 aliphatic heterocycles. The zero-order valence-electron chi connectivity index (χ0n) is 7.12. The molecule has 0 aliphatic carbocycles. The number of aryl methyl sites for hydroxylation is 1. The molecule has 12 heavy (non-hydrogen) atoms. The average Bonchev–Trinajstić information content (AvgIpc) is 2.43. The zero-order valence-corrected chi connectivity index (χ0v) is 7.12. The highest BCUT2D eigenvalue weighted by molar-refractivity contribution is 5.36. The fourth-order valence-corrected chi connectivity index (χ4v) is 0.973. The Morgan fingerprint density at radius 3 is 3.00 bits per heavy atom. The summed E-state index contributed by atoms with van der Waals surface area (Å²) in [5.74, 6) is 0.569. The number of anilines is 1. The van der Waals surface area contributed by atoms with Crippen LogP contribution in [-0.2, 0) is 6.54 Å². The fraction of sp³-hybridized carbons (Fsp3) is 0.500. The van der Waals surface area contributed by atoms with Gasteiger partial charge in [-0.15, -0.1) is 0 Å². The molecule has 2 N–H and O–H groups in total. The highest BCUT2D eigenvalue weighted by Gasteiger charge is 2.02. The first kappa shape index (κ1) is 8.60. The number of nitrogen functional groups attached to an aromatic ring is 1.